The van der Waals surface area contributed by atoms with Gasteiger partial charge in [0.05, 0.1) is 7.11 Å². The maximum atomic E-state index is 6.42. The van der Waals surface area contributed by atoms with E-state index in [0.29, 0.717) is 5.92 Å². The molecule has 2 nitrogen and oxygen atoms in total. The minimum atomic E-state index is 0.196. The second-order valence-electron chi connectivity index (χ2n) is 5.15. The summed E-state index contributed by atoms with van der Waals surface area (Å²) < 4.78 is 5.23. The fourth-order valence-electron chi connectivity index (χ4n) is 2.90. The number of methoxy groups -OCH3 is 1. The topological polar surface area (TPSA) is 35.2 Å². The highest BCUT2D eigenvalue weighted by Crippen LogP contribution is 2.34. The van der Waals surface area contributed by atoms with E-state index in [0.717, 1.165) is 5.75 Å². The molecule has 1 atom stereocenters. The monoisotopic (exact) mass is 233 g/mol. The van der Waals surface area contributed by atoms with Gasteiger partial charge in [0.2, 0.25) is 0 Å². The molecule has 17 heavy (non-hydrogen) atoms. The SMILES string of the molecule is COc1ccc([C@@H](N)C2CCCCC2)c(C)c1. The quantitative estimate of drug-likeness (QED) is 0.866. The van der Waals surface area contributed by atoms with Crippen LogP contribution in [-0.2, 0) is 0 Å². The van der Waals surface area contributed by atoms with Gasteiger partial charge >= 0.3 is 0 Å². The summed E-state index contributed by atoms with van der Waals surface area (Å²) in [4.78, 5) is 0. The van der Waals surface area contributed by atoms with E-state index in [1.54, 1.807) is 7.11 Å². The molecule has 0 aromatic heterocycles. The lowest BCUT2D eigenvalue weighted by Crippen LogP contribution is -2.24. The van der Waals surface area contributed by atoms with Crippen molar-refractivity contribution in [1.82, 2.24) is 0 Å². The predicted molar refractivity (Wildman–Crippen MR) is 71.2 cm³/mol. The van der Waals surface area contributed by atoms with Crippen LogP contribution in [0.25, 0.3) is 0 Å². The van der Waals surface area contributed by atoms with Gasteiger partial charge in [0.15, 0.2) is 0 Å². The summed E-state index contributed by atoms with van der Waals surface area (Å²) in [6.07, 6.45) is 6.63. The zero-order valence-corrected chi connectivity index (χ0v) is 10.9. The van der Waals surface area contributed by atoms with Gasteiger partial charge in [-0.3, -0.25) is 0 Å². The molecule has 2 heteroatoms. The van der Waals surface area contributed by atoms with Crippen molar-refractivity contribution in [2.24, 2.45) is 11.7 Å². The van der Waals surface area contributed by atoms with Crippen molar-refractivity contribution >= 4 is 0 Å². The Bertz CT molecular complexity index is 369. The van der Waals surface area contributed by atoms with Crippen molar-refractivity contribution in [3.8, 4) is 5.75 Å². The van der Waals surface area contributed by atoms with Crippen molar-refractivity contribution in [3.05, 3.63) is 29.3 Å². The van der Waals surface area contributed by atoms with Crippen LogP contribution in [0.3, 0.4) is 0 Å². The lowest BCUT2D eigenvalue weighted by molar-refractivity contribution is 0.307. The first kappa shape index (κ1) is 12.4. The molecule has 1 saturated carbocycles. The molecule has 94 valence electrons. The molecule has 0 bridgehead atoms. The smallest absolute Gasteiger partial charge is 0.119 e. The van der Waals surface area contributed by atoms with Gasteiger partial charge in [-0.25, -0.2) is 0 Å². The molecule has 0 amide bonds. The van der Waals surface area contributed by atoms with Crippen LogP contribution in [0.2, 0.25) is 0 Å². The minimum Gasteiger partial charge on any atom is -0.497 e. The molecule has 1 aromatic rings. The Morgan fingerprint density at radius 3 is 2.53 bits per heavy atom. The number of hydrogen-bond donors (Lipinski definition) is 1. The van der Waals surface area contributed by atoms with Crippen LogP contribution in [0, 0.1) is 12.8 Å². The highest BCUT2D eigenvalue weighted by atomic mass is 16.5. The summed E-state index contributed by atoms with van der Waals surface area (Å²) in [6, 6.07) is 6.43. The van der Waals surface area contributed by atoms with Crippen LogP contribution in [0.1, 0.15) is 49.3 Å². The van der Waals surface area contributed by atoms with Gasteiger partial charge in [-0.15, -0.1) is 0 Å². The third-order valence-corrected chi connectivity index (χ3v) is 3.99. The van der Waals surface area contributed by atoms with E-state index in [9.17, 15) is 0 Å². The molecule has 1 fully saturated rings. The zero-order chi connectivity index (χ0) is 12.3. The van der Waals surface area contributed by atoms with Crippen LogP contribution in [0.5, 0.6) is 5.75 Å². The fraction of sp³-hybridized carbons (Fsp3) is 0.600. The molecule has 0 radical (unpaired) electrons. The maximum Gasteiger partial charge on any atom is 0.119 e. The number of rotatable bonds is 3. The second kappa shape index (κ2) is 5.54. The Labute approximate surface area is 104 Å². The Morgan fingerprint density at radius 2 is 1.94 bits per heavy atom. The summed E-state index contributed by atoms with van der Waals surface area (Å²) in [5.41, 5.74) is 8.96. The third-order valence-electron chi connectivity index (χ3n) is 3.99. The molecule has 2 rings (SSSR count). The standard InChI is InChI=1S/C15H23NO/c1-11-10-13(17-2)8-9-14(11)15(16)12-6-4-3-5-7-12/h8-10,12,15H,3-7,16H2,1-2H3/t15-/m0/s1. The zero-order valence-electron chi connectivity index (χ0n) is 10.9. The van der Waals surface area contributed by atoms with Crippen LogP contribution in [-0.4, -0.2) is 7.11 Å². The molecule has 0 aliphatic heterocycles. The number of aryl methyl sites for hydroxylation is 1. The van der Waals surface area contributed by atoms with Gasteiger partial charge in [-0.1, -0.05) is 25.3 Å². The van der Waals surface area contributed by atoms with Crippen LogP contribution >= 0.6 is 0 Å². The Kier molecular flexibility index (Phi) is 4.06. The maximum absolute atomic E-state index is 6.42. The molecular weight excluding hydrogens is 210 g/mol. The lowest BCUT2D eigenvalue weighted by atomic mass is 9.80. The number of benzene rings is 1. The van der Waals surface area contributed by atoms with Gasteiger partial charge in [-0.05, 0) is 48.9 Å². The van der Waals surface area contributed by atoms with E-state index in [2.05, 4.69) is 19.1 Å². The number of nitrogens with two attached hydrogens (primary N) is 1. The van der Waals surface area contributed by atoms with E-state index < -0.39 is 0 Å². The van der Waals surface area contributed by atoms with Crippen molar-refractivity contribution in [1.29, 1.82) is 0 Å². The van der Waals surface area contributed by atoms with Crippen molar-refractivity contribution < 1.29 is 4.74 Å². The first-order valence-electron chi connectivity index (χ1n) is 6.62. The van der Waals surface area contributed by atoms with Crippen LogP contribution in [0.4, 0.5) is 0 Å². The van der Waals surface area contributed by atoms with E-state index in [-0.39, 0.29) is 6.04 Å². The Morgan fingerprint density at radius 1 is 1.24 bits per heavy atom. The summed E-state index contributed by atoms with van der Waals surface area (Å²) in [5.74, 6) is 1.58. The van der Waals surface area contributed by atoms with Gasteiger partial charge in [-0.2, -0.15) is 0 Å². The van der Waals surface area contributed by atoms with Crippen LogP contribution < -0.4 is 10.5 Å². The van der Waals surface area contributed by atoms with E-state index >= 15 is 0 Å². The fourth-order valence-corrected chi connectivity index (χ4v) is 2.90. The lowest BCUT2D eigenvalue weighted by Gasteiger charge is -2.28. The van der Waals surface area contributed by atoms with E-state index in [1.165, 1.54) is 43.2 Å². The highest BCUT2D eigenvalue weighted by Gasteiger charge is 2.22. The molecule has 0 saturated heterocycles. The highest BCUT2D eigenvalue weighted by molar-refractivity contribution is 5.36. The van der Waals surface area contributed by atoms with Gasteiger partial charge < -0.3 is 10.5 Å². The molecule has 1 aromatic carbocycles. The first-order valence-corrected chi connectivity index (χ1v) is 6.62. The van der Waals surface area contributed by atoms with Crippen molar-refractivity contribution in [3.63, 3.8) is 0 Å². The first-order chi connectivity index (χ1) is 8.22. The summed E-state index contributed by atoms with van der Waals surface area (Å²) >= 11 is 0. The predicted octanol–water partition coefficient (Wildman–Crippen LogP) is 3.58. The normalized spacial score (nSPS) is 19.0. The van der Waals surface area contributed by atoms with Gasteiger partial charge in [0.25, 0.3) is 0 Å². The number of hydrogen-bond acceptors (Lipinski definition) is 2. The molecular formula is C15H23NO. The van der Waals surface area contributed by atoms with E-state index in [4.69, 9.17) is 10.5 Å². The third kappa shape index (κ3) is 2.81. The Balaban J connectivity index is 2.15. The molecule has 0 unspecified atom stereocenters. The van der Waals surface area contributed by atoms with Crippen molar-refractivity contribution in [2.45, 2.75) is 45.1 Å². The van der Waals surface area contributed by atoms with Gasteiger partial charge in [0.1, 0.15) is 5.75 Å². The Hall–Kier alpha value is -1.02. The summed E-state index contributed by atoms with van der Waals surface area (Å²) in [6.45, 7) is 2.13. The average Bonchev–Trinajstić information content (AvgIpc) is 2.39. The van der Waals surface area contributed by atoms with E-state index in [1.807, 2.05) is 6.07 Å². The van der Waals surface area contributed by atoms with Gasteiger partial charge in [0, 0.05) is 6.04 Å². The molecule has 1 aliphatic carbocycles. The number of ether oxygens (including phenoxy) is 1. The molecule has 0 heterocycles. The molecule has 2 N–H and O–H groups in total. The van der Waals surface area contributed by atoms with Crippen LogP contribution in [0.15, 0.2) is 18.2 Å². The largest absolute Gasteiger partial charge is 0.497 e. The minimum absolute atomic E-state index is 0.196. The second-order valence-corrected chi connectivity index (χ2v) is 5.15. The molecule has 1 aliphatic rings. The van der Waals surface area contributed by atoms with Crippen molar-refractivity contribution in [2.75, 3.05) is 7.11 Å². The summed E-state index contributed by atoms with van der Waals surface area (Å²) in [7, 11) is 1.70. The summed E-state index contributed by atoms with van der Waals surface area (Å²) in [5, 5.41) is 0. The average molecular weight is 233 g/mol. The molecule has 0 spiro atoms.